The number of aliphatic hydroxyl groups excluding tert-OH is 1. The summed E-state index contributed by atoms with van der Waals surface area (Å²) < 4.78 is 0. The van der Waals surface area contributed by atoms with Crippen molar-refractivity contribution in [2.75, 3.05) is 6.54 Å². The molecule has 0 amide bonds. The molecule has 1 aliphatic carbocycles. The lowest BCUT2D eigenvalue weighted by Gasteiger charge is -2.19. The summed E-state index contributed by atoms with van der Waals surface area (Å²) in [7, 11) is 0. The van der Waals surface area contributed by atoms with Gasteiger partial charge in [0.1, 0.15) is 0 Å². The molecule has 0 fully saturated rings. The van der Waals surface area contributed by atoms with E-state index >= 15 is 0 Å². The van der Waals surface area contributed by atoms with E-state index in [0.717, 1.165) is 13.0 Å². The standard InChI is InChI=1S/C13H19NO/c1-9(2)8-14-13-11-6-4-3-5-10(11)7-12(13)15/h3-6,9,12-15H,7-8H2,1-2H3/t12-,13+/m1/s1. The molecule has 2 rings (SSSR count). The van der Waals surface area contributed by atoms with E-state index in [1.165, 1.54) is 11.1 Å². The molecule has 82 valence electrons. The van der Waals surface area contributed by atoms with Crippen LogP contribution in [0.1, 0.15) is 31.0 Å². The Bertz CT molecular complexity index is 335. The lowest BCUT2D eigenvalue weighted by Crippen LogP contribution is -2.31. The van der Waals surface area contributed by atoms with Crippen LogP contribution < -0.4 is 5.32 Å². The normalized spacial score (nSPS) is 24.5. The minimum absolute atomic E-state index is 0.128. The summed E-state index contributed by atoms with van der Waals surface area (Å²) in [5, 5.41) is 13.4. The van der Waals surface area contributed by atoms with E-state index in [-0.39, 0.29) is 12.1 Å². The van der Waals surface area contributed by atoms with Crippen molar-refractivity contribution in [1.29, 1.82) is 0 Å². The summed E-state index contributed by atoms with van der Waals surface area (Å²) in [6, 6.07) is 8.43. The summed E-state index contributed by atoms with van der Waals surface area (Å²) in [4.78, 5) is 0. The summed E-state index contributed by atoms with van der Waals surface area (Å²) in [6.07, 6.45) is 0.521. The molecule has 0 radical (unpaired) electrons. The molecule has 0 aromatic heterocycles. The van der Waals surface area contributed by atoms with Crippen LogP contribution >= 0.6 is 0 Å². The number of benzene rings is 1. The lowest BCUT2D eigenvalue weighted by molar-refractivity contribution is 0.139. The zero-order chi connectivity index (χ0) is 10.8. The van der Waals surface area contributed by atoms with Crippen molar-refractivity contribution in [3.8, 4) is 0 Å². The first-order valence-corrected chi connectivity index (χ1v) is 5.67. The quantitative estimate of drug-likeness (QED) is 0.790. The second kappa shape index (κ2) is 4.33. The zero-order valence-corrected chi connectivity index (χ0v) is 9.40. The number of hydrogen-bond donors (Lipinski definition) is 2. The Morgan fingerprint density at radius 2 is 2.13 bits per heavy atom. The second-order valence-electron chi connectivity index (χ2n) is 4.75. The van der Waals surface area contributed by atoms with Gasteiger partial charge in [0.2, 0.25) is 0 Å². The highest BCUT2D eigenvalue weighted by atomic mass is 16.3. The molecule has 0 spiro atoms. The van der Waals surface area contributed by atoms with E-state index in [0.29, 0.717) is 5.92 Å². The summed E-state index contributed by atoms with van der Waals surface area (Å²) in [6.45, 7) is 5.32. The first-order chi connectivity index (χ1) is 7.18. The van der Waals surface area contributed by atoms with Crippen LogP contribution in [-0.2, 0) is 6.42 Å². The van der Waals surface area contributed by atoms with Crippen LogP contribution in [0.5, 0.6) is 0 Å². The highest BCUT2D eigenvalue weighted by molar-refractivity contribution is 5.36. The Morgan fingerprint density at radius 3 is 2.87 bits per heavy atom. The minimum Gasteiger partial charge on any atom is -0.391 e. The van der Waals surface area contributed by atoms with Gasteiger partial charge in [0.05, 0.1) is 12.1 Å². The maximum absolute atomic E-state index is 9.96. The first-order valence-electron chi connectivity index (χ1n) is 5.67. The summed E-state index contributed by atoms with van der Waals surface area (Å²) >= 11 is 0. The molecule has 0 bridgehead atoms. The minimum atomic E-state index is -0.263. The van der Waals surface area contributed by atoms with Crippen molar-refractivity contribution in [3.05, 3.63) is 35.4 Å². The van der Waals surface area contributed by atoms with Gasteiger partial charge < -0.3 is 10.4 Å². The smallest absolute Gasteiger partial charge is 0.0775 e. The van der Waals surface area contributed by atoms with Crippen LogP contribution in [0.4, 0.5) is 0 Å². The summed E-state index contributed by atoms with van der Waals surface area (Å²) in [5.41, 5.74) is 2.55. The molecule has 0 saturated carbocycles. The average molecular weight is 205 g/mol. The van der Waals surface area contributed by atoms with E-state index in [4.69, 9.17) is 0 Å². The number of fused-ring (bicyclic) bond motifs is 1. The number of nitrogens with one attached hydrogen (secondary N) is 1. The van der Waals surface area contributed by atoms with E-state index in [1.807, 2.05) is 12.1 Å². The third-order valence-corrected chi connectivity index (χ3v) is 2.95. The van der Waals surface area contributed by atoms with Crippen LogP contribution in [0.15, 0.2) is 24.3 Å². The molecule has 1 aromatic carbocycles. The van der Waals surface area contributed by atoms with Crippen LogP contribution in [0.25, 0.3) is 0 Å². The molecule has 1 aliphatic rings. The SMILES string of the molecule is CC(C)CN[C@H]1c2ccccc2C[C@H]1O. The molecular weight excluding hydrogens is 186 g/mol. The Morgan fingerprint density at radius 1 is 1.40 bits per heavy atom. The predicted octanol–water partition coefficient (Wildman–Crippen LogP) is 1.89. The second-order valence-corrected chi connectivity index (χ2v) is 4.75. The largest absolute Gasteiger partial charge is 0.391 e. The van der Waals surface area contributed by atoms with Gasteiger partial charge >= 0.3 is 0 Å². The number of aliphatic hydroxyl groups is 1. The van der Waals surface area contributed by atoms with E-state index in [2.05, 4.69) is 31.3 Å². The zero-order valence-electron chi connectivity index (χ0n) is 9.40. The molecular formula is C13H19NO. The van der Waals surface area contributed by atoms with E-state index in [1.54, 1.807) is 0 Å². The van der Waals surface area contributed by atoms with Crippen LogP contribution in [0.3, 0.4) is 0 Å². The fourth-order valence-corrected chi connectivity index (χ4v) is 2.18. The summed E-state index contributed by atoms with van der Waals surface area (Å²) in [5.74, 6) is 0.616. The average Bonchev–Trinajstić information content (AvgIpc) is 2.50. The van der Waals surface area contributed by atoms with Crippen LogP contribution in [-0.4, -0.2) is 17.8 Å². The molecule has 2 heteroatoms. The molecule has 2 nitrogen and oxygen atoms in total. The van der Waals surface area contributed by atoms with Gasteiger partial charge in [-0.15, -0.1) is 0 Å². The molecule has 2 N–H and O–H groups in total. The van der Waals surface area contributed by atoms with Crippen molar-refractivity contribution in [3.63, 3.8) is 0 Å². The van der Waals surface area contributed by atoms with Crippen molar-refractivity contribution in [2.45, 2.75) is 32.4 Å². The predicted molar refractivity (Wildman–Crippen MR) is 61.7 cm³/mol. The van der Waals surface area contributed by atoms with Crippen molar-refractivity contribution >= 4 is 0 Å². The molecule has 0 unspecified atom stereocenters. The van der Waals surface area contributed by atoms with Crippen molar-refractivity contribution in [1.82, 2.24) is 5.32 Å². The van der Waals surface area contributed by atoms with Gasteiger partial charge in [0, 0.05) is 6.42 Å². The molecule has 2 atom stereocenters. The van der Waals surface area contributed by atoms with Crippen molar-refractivity contribution < 1.29 is 5.11 Å². The number of rotatable bonds is 3. The maximum Gasteiger partial charge on any atom is 0.0775 e. The third kappa shape index (κ3) is 2.21. The van der Waals surface area contributed by atoms with E-state index < -0.39 is 0 Å². The van der Waals surface area contributed by atoms with Gasteiger partial charge in [0.15, 0.2) is 0 Å². The van der Waals surface area contributed by atoms with Gasteiger partial charge in [-0.3, -0.25) is 0 Å². The topological polar surface area (TPSA) is 32.3 Å². The fourth-order valence-electron chi connectivity index (χ4n) is 2.18. The molecule has 15 heavy (non-hydrogen) atoms. The van der Waals surface area contributed by atoms with Crippen molar-refractivity contribution in [2.24, 2.45) is 5.92 Å². The molecule has 1 aromatic rings. The van der Waals surface area contributed by atoms with Crippen LogP contribution in [0.2, 0.25) is 0 Å². The van der Waals surface area contributed by atoms with Gasteiger partial charge in [-0.1, -0.05) is 38.1 Å². The first kappa shape index (κ1) is 10.7. The Balaban J connectivity index is 2.11. The maximum atomic E-state index is 9.96. The lowest BCUT2D eigenvalue weighted by atomic mass is 10.1. The third-order valence-electron chi connectivity index (χ3n) is 2.95. The Hall–Kier alpha value is -0.860. The fraction of sp³-hybridized carbons (Fsp3) is 0.538. The Labute approximate surface area is 91.3 Å². The van der Waals surface area contributed by atoms with E-state index in [9.17, 15) is 5.11 Å². The Kier molecular flexibility index (Phi) is 3.08. The van der Waals surface area contributed by atoms with Gasteiger partial charge in [-0.05, 0) is 23.6 Å². The van der Waals surface area contributed by atoms with Gasteiger partial charge in [-0.25, -0.2) is 0 Å². The highest BCUT2D eigenvalue weighted by Crippen LogP contribution is 2.31. The molecule has 0 heterocycles. The molecule has 0 saturated heterocycles. The van der Waals surface area contributed by atoms with Gasteiger partial charge in [-0.2, -0.15) is 0 Å². The highest BCUT2D eigenvalue weighted by Gasteiger charge is 2.29. The monoisotopic (exact) mass is 205 g/mol. The number of hydrogen-bond acceptors (Lipinski definition) is 2. The van der Waals surface area contributed by atoms with Gasteiger partial charge in [0.25, 0.3) is 0 Å². The van der Waals surface area contributed by atoms with Crippen LogP contribution in [0, 0.1) is 5.92 Å². The molecule has 0 aliphatic heterocycles.